The van der Waals surface area contributed by atoms with E-state index in [1.54, 1.807) is 0 Å². The maximum Gasteiger partial charge on any atom is 0.191 e. The molecule has 0 saturated carbocycles. The third-order valence-electron chi connectivity index (χ3n) is 3.98. The number of likely N-dealkylation sites (N-methyl/N-ethyl adjacent to an activating group) is 1. The number of benzene rings is 1. The normalized spacial score (nSPS) is 18.4. The van der Waals surface area contributed by atoms with Crippen molar-refractivity contribution in [1.82, 2.24) is 9.80 Å². The van der Waals surface area contributed by atoms with E-state index in [9.17, 15) is 0 Å². The summed E-state index contributed by atoms with van der Waals surface area (Å²) in [6, 6.07) is 5.61. The van der Waals surface area contributed by atoms with Gasteiger partial charge >= 0.3 is 0 Å². The van der Waals surface area contributed by atoms with Gasteiger partial charge in [-0.2, -0.15) is 0 Å². The number of halogens is 2. The highest BCUT2D eigenvalue weighted by atomic mass is 35.5. The molecule has 0 aliphatic carbocycles. The Kier molecular flexibility index (Phi) is 5.73. The van der Waals surface area contributed by atoms with Crippen LogP contribution in [0.1, 0.15) is 25.5 Å². The lowest BCUT2D eigenvalue weighted by atomic mass is 10.1. The summed E-state index contributed by atoms with van der Waals surface area (Å²) < 4.78 is 0. The molecule has 2 rings (SSSR count). The molecule has 0 saturated heterocycles. The van der Waals surface area contributed by atoms with Gasteiger partial charge in [-0.25, -0.2) is 0 Å². The molecule has 0 bridgehead atoms. The minimum atomic E-state index is 0.0294. The van der Waals surface area contributed by atoms with Crippen molar-refractivity contribution in [2.45, 2.75) is 19.9 Å². The molecule has 6 heteroatoms. The second-order valence-corrected chi connectivity index (χ2v) is 5.88. The van der Waals surface area contributed by atoms with Crippen LogP contribution in [0.15, 0.2) is 23.2 Å². The lowest BCUT2D eigenvalue weighted by Gasteiger charge is -2.30. The molecule has 1 aromatic rings. The van der Waals surface area contributed by atoms with Crippen LogP contribution >= 0.6 is 23.2 Å². The van der Waals surface area contributed by atoms with Crippen molar-refractivity contribution in [1.29, 1.82) is 0 Å². The lowest BCUT2D eigenvalue weighted by molar-refractivity contribution is 0.248. The summed E-state index contributed by atoms with van der Waals surface area (Å²) in [5.74, 6) is 0.572. The second-order valence-electron chi connectivity index (χ2n) is 5.07. The van der Waals surface area contributed by atoms with Crippen molar-refractivity contribution in [3.05, 3.63) is 33.8 Å². The zero-order chi connectivity index (χ0) is 15.4. The van der Waals surface area contributed by atoms with E-state index in [0.717, 1.165) is 31.7 Å². The van der Waals surface area contributed by atoms with E-state index < -0.39 is 0 Å². The second kappa shape index (κ2) is 7.34. The summed E-state index contributed by atoms with van der Waals surface area (Å²) in [7, 11) is 0. The Labute approximate surface area is 136 Å². The SMILES string of the molecule is CCN(CC)CCN1C(N)=NCC1c1c(Cl)cccc1Cl. The van der Waals surface area contributed by atoms with Crippen LogP contribution in [0, 0.1) is 0 Å². The van der Waals surface area contributed by atoms with E-state index in [0.29, 0.717) is 22.5 Å². The summed E-state index contributed by atoms with van der Waals surface area (Å²) in [6.07, 6.45) is 0. The number of guanidine groups is 1. The van der Waals surface area contributed by atoms with E-state index in [4.69, 9.17) is 28.9 Å². The standard InChI is InChI=1S/C15H22Cl2N4/c1-3-20(4-2)8-9-21-13(10-19-15(21)18)14-11(16)6-5-7-12(14)17/h5-7,13H,3-4,8-10H2,1-2H3,(H2,18,19). The van der Waals surface area contributed by atoms with Crippen molar-refractivity contribution in [3.63, 3.8) is 0 Å². The third-order valence-corrected chi connectivity index (χ3v) is 4.64. The van der Waals surface area contributed by atoms with Gasteiger partial charge in [0.05, 0.1) is 12.6 Å². The van der Waals surface area contributed by atoms with E-state index >= 15 is 0 Å². The Morgan fingerprint density at radius 2 is 1.90 bits per heavy atom. The molecule has 1 unspecified atom stereocenters. The molecule has 1 atom stereocenters. The van der Waals surface area contributed by atoms with Gasteiger partial charge in [-0.3, -0.25) is 4.99 Å². The Bertz CT molecular complexity index is 494. The van der Waals surface area contributed by atoms with E-state index in [1.807, 2.05) is 18.2 Å². The Morgan fingerprint density at radius 1 is 1.29 bits per heavy atom. The zero-order valence-electron chi connectivity index (χ0n) is 12.5. The van der Waals surface area contributed by atoms with Gasteiger partial charge in [-0.15, -0.1) is 0 Å². The van der Waals surface area contributed by atoms with Crippen molar-refractivity contribution < 1.29 is 0 Å². The molecule has 4 nitrogen and oxygen atoms in total. The molecule has 1 aromatic carbocycles. The Hall–Kier alpha value is -0.970. The quantitative estimate of drug-likeness (QED) is 0.873. The van der Waals surface area contributed by atoms with Crippen LogP contribution in [0.25, 0.3) is 0 Å². The van der Waals surface area contributed by atoms with Gasteiger partial charge in [0.25, 0.3) is 0 Å². The molecule has 0 fully saturated rings. The van der Waals surface area contributed by atoms with Gasteiger partial charge in [-0.05, 0) is 25.2 Å². The van der Waals surface area contributed by atoms with Crippen LogP contribution < -0.4 is 5.73 Å². The van der Waals surface area contributed by atoms with Gasteiger partial charge in [0.15, 0.2) is 5.96 Å². The largest absolute Gasteiger partial charge is 0.370 e. The van der Waals surface area contributed by atoms with Gasteiger partial charge in [0.2, 0.25) is 0 Å². The molecule has 0 spiro atoms. The summed E-state index contributed by atoms with van der Waals surface area (Å²) in [5, 5.41) is 1.34. The molecule has 116 valence electrons. The first-order chi connectivity index (χ1) is 10.1. The number of nitrogens with two attached hydrogens (primary N) is 1. The molecule has 2 N–H and O–H groups in total. The Balaban J connectivity index is 2.16. The highest BCUT2D eigenvalue weighted by molar-refractivity contribution is 6.36. The van der Waals surface area contributed by atoms with Crippen LogP contribution in [0.4, 0.5) is 0 Å². The first-order valence-corrected chi connectivity index (χ1v) is 8.06. The fourth-order valence-corrected chi connectivity index (χ4v) is 3.31. The molecule has 1 heterocycles. The van der Waals surface area contributed by atoms with Crippen molar-refractivity contribution >= 4 is 29.2 Å². The fourth-order valence-electron chi connectivity index (χ4n) is 2.66. The molecule has 1 aliphatic rings. The first-order valence-electron chi connectivity index (χ1n) is 7.31. The Morgan fingerprint density at radius 3 is 2.48 bits per heavy atom. The number of rotatable bonds is 6. The number of hydrogen-bond acceptors (Lipinski definition) is 4. The number of hydrogen-bond donors (Lipinski definition) is 1. The van der Waals surface area contributed by atoms with Crippen LogP contribution in [0.5, 0.6) is 0 Å². The predicted molar refractivity (Wildman–Crippen MR) is 90.2 cm³/mol. The van der Waals surface area contributed by atoms with Crippen LogP contribution in [0.2, 0.25) is 10.0 Å². The van der Waals surface area contributed by atoms with Gasteiger partial charge in [0, 0.05) is 28.7 Å². The molecule has 0 aromatic heterocycles. The maximum atomic E-state index is 6.33. The van der Waals surface area contributed by atoms with Crippen LogP contribution in [-0.2, 0) is 0 Å². The average molecular weight is 329 g/mol. The minimum absolute atomic E-state index is 0.0294. The smallest absolute Gasteiger partial charge is 0.191 e. The minimum Gasteiger partial charge on any atom is -0.370 e. The summed E-state index contributed by atoms with van der Waals surface area (Å²) in [5.41, 5.74) is 6.97. The van der Waals surface area contributed by atoms with Gasteiger partial charge in [0.1, 0.15) is 0 Å². The molecule has 1 aliphatic heterocycles. The monoisotopic (exact) mass is 328 g/mol. The number of nitrogens with zero attached hydrogens (tertiary/aromatic N) is 3. The highest BCUT2D eigenvalue weighted by Gasteiger charge is 2.30. The van der Waals surface area contributed by atoms with Crippen molar-refractivity contribution in [2.24, 2.45) is 10.7 Å². The highest BCUT2D eigenvalue weighted by Crippen LogP contribution is 2.35. The molecular weight excluding hydrogens is 307 g/mol. The number of aliphatic imine (C=N–C) groups is 1. The van der Waals surface area contributed by atoms with Gasteiger partial charge in [-0.1, -0.05) is 43.1 Å². The molecule has 0 amide bonds. The zero-order valence-corrected chi connectivity index (χ0v) is 14.0. The van der Waals surface area contributed by atoms with Crippen molar-refractivity contribution in [3.8, 4) is 0 Å². The maximum absolute atomic E-state index is 6.33. The van der Waals surface area contributed by atoms with E-state index in [2.05, 4.69) is 28.6 Å². The summed E-state index contributed by atoms with van der Waals surface area (Å²) >= 11 is 12.7. The fraction of sp³-hybridized carbons (Fsp3) is 0.533. The van der Waals surface area contributed by atoms with E-state index in [-0.39, 0.29) is 6.04 Å². The topological polar surface area (TPSA) is 44.9 Å². The first kappa shape index (κ1) is 16.4. The van der Waals surface area contributed by atoms with Crippen LogP contribution in [-0.4, -0.2) is 48.5 Å². The van der Waals surface area contributed by atoms with Gasteiger partial charge < -0.3 is 15.5 Å². The van der Waals surface area contributed by atoms with Crippen molar-refractivity contribution in [2.75, 3.05) is 32.7 Å². The predicted octanol–water partition coefficient (Wildman–Crippen LogP) is 3.01. The average Bonchev–Trinajstić information content (AvgIpc) is 2.81. The summed E-state index contributed by atoms with van der Waals surface area (Å²) in [6.45, 7) is 8.75. The molecular formula is C15H22Cl2N4. The molecule has 0 radical (unpaired) electrons. The van der Waals surface area contributed by atoms with E-state index in [1.165, 1.54) is 0 Å². The molecule has 21 heavy (non-hydrogen) atoms. The van der Waals surface area contributed by atoms with Crippen LogP contribution in [0.3, 0.4) is 0 Å². The summed E-state index contributed by atoms with van der Waals surface area (Å²) in [4.78, 5) is 8.83. The lowest BCUT2D eigenvalue weighted by Crippen LogP contribution is -2.41. The third kappa shape index (κ3) is 3.62.